The van der Waals surface area contributed by atoms with Gasteiger partial charge in [0.1, 0.15) is 17.8 Å². The summed E-state index contributed by atoms with van der Waals surface area (Å²) in [5.74, 6) is 1.20. The van der Waals surface area contributed by atoms with Crippen LogP contribution in [0.5, 0.6) is 5.75 Å². The molecule has 144 valence electrons. The number of esters is 1. The van der Waals surface area contributed by atoms with Gasteiger partial charge in [-0.25, -0.2) is 14.8 Å². The highest BCUT2D eigenvalue weighted by Gasteiger charge is 2.11. The lowest BCUT2D eigenvalue weighted by Crippen LogP contribution is -2.06. The molecule has 3 aromatic rings. The zero-order valence-corrected chi connectivity index (χ0v) is 15.6. The molecule has 0 bridgehead atoms. The third-order valence-electron chi connectivity index (χ3n) is 3.90. The molecule has 0 unspecified atom stereocenters. The molecule has 0 aliphatic heterocycles. The summed E-state index contributed by atoms with van der Waals surface area (Å²) in [6.07, 6.45) is 1.41. The predicted octanol–water partition coefficient (Wildman–Crippen LogP) is 3.73. The van der Waals surface area contributed by atoms with E-state index in [-0.39, 0.29) is 5.97 Å². The first-order valence-electron chi connectivity index (χ1n) is 8.67. The van der Waals surface area contributed by atoms with E-state index in [1.807, 2.05) is 24.3 Å². The molecule has 8 heteroatoms. The molecule has 0 aliphatic carbocycles. The lowest BCUT2D eigenvalue weighted by atomic mass is 10.2. The first kappa shape index (κ1) is 19.0. The van der Waals surface area contributed by atoms with Crippen LogP contribution >= 0.6 is 0 Å². The van der Waals surface area contributed by atoms with Gasteiger partial charge >= 0.3 is 5.97 Å². The monoisotopic (exact) mass is 379 g/mol. The van der Waals surface area contributed by atoms with Crippen molar-refractivity contribution in [3.8, 4) is 5.75 Å². The van der Waals surface area contributed by atoms with Crippen LogP contribution in [0, 0.1) is 0 Å². The fraction of sp³-hybridized carbons (Fsp3) is 0.150. The summed E-state index contributed by atoms with van der Waals surface area (Å²) in [7, 11) is 1.59. The number of nitrogens with one attached hydrogen (secondary N) is 2. The van der Waals surface area contributed by atoms with E-state index >= 15 is 0 Å². The number of carbonyl (C=O) groups excluding carboxylic acids is 1. The Morgan fingerprint density at radius 3 is 2.39 bits per heavy atom. The minimum Gasteiger partial charge on any atom is -0.495 e. The topological polar surface area (TPSA) is 111 Å². The Bertz CT molecular complexity index is 960. The molecule has 3 rings (SSSR count). The number of carbonyl (C=O) groups is 1. The molecular weight excluding hydrogens is 358 g/mol. The van der Waals surface area contributed by atoms with Gasteiger partial charge in [-0.2, -0.15) is 0 Å². The van der Waals surface area contributed by atoms with Gasteiger partial charge in [0.25, 0.3) is 0 Å². The predicted molar refractivity (Wildman–Crippen MR) is 108 cm³/mol. The van der Waals surface area contributed by atoms with E-state index in [0.29, 0.717) is 35.2 Å². The molecule has 8 nitrogen and oxygen atoms in total. The maximum Gasteiger partial charge on any atom is 0.338 e. The van der Waals surface area contributed by atoms with Crippen LogP contribution in [0.15, 0.2) is 54.9 Å². The van der Waals surface area contributed by atoms with Crippen molar-refractivity contribution in [3.63, 3.8) is 0 Å². The van der Waals surface area contributed by atoms with E-state index in [1.54, 1.807) is 38.3 Å². The van der Waals surface area contributed by atoms with Crippen LogP contribution in [-0.2, 0) is 4.74 Å². The van der Waals surface area contributed by atoms with E-state index in [4.69, 9.17) is 15.2 Å². The first-order valence-corrected chi connectivity index (χ1v) is 8.67. The summed E-state index contributed by atoms with van der Waals surface area (Å²) >= 11 is 0. The number of nitrogens with two attached hydrogens (primary N) is 1. The van der Waals surface area contributed by atoms with Crippen molar-refractivity contribution >= 4 is 34.7 Å². The molecule has 0 radical (unpaired) electrons. The minimum absolute atomic E-state index is 0.332. The zero-order valence-electron chi connectivity index (χ0n) is 15.6. The number of benzene rings is 2. The second-order valence-electron chi connectivity index (χ2n) is 5.73. The Morgan fingerprint density at radius 1 is 1.04 bits per heavy atom. The number of ether oxygens (including phenoxy) is 2. The van der Waals surface area contributed by atoms with Crippen molar-refractivity contribution in [1.29, 1.82) is 0 Å². The lowest BCUT2D eigenvalue weighted by molar-refractivity contribution is 0.0526. The van der Waals surface area contributed by atoms with Gasteiger partial charge in [-0.15, -0.1) is 0 Å². The first-order chi connectivity index (χ1) is 13.6. The molecule has 0 aliphatic rings. The van der Waals surface area contributed by atoms with Gasteiger partial charge < -0.3 is 25.8 Å². The summed E-state index contributed by atoms with van der Waals surface area (Å²) in [6.45, 7) is 2.10. The van der Waals surface area contributed by atoms with Gasteiger partial charge in [0.15, 0.2) is 11.6 Å². The smallest absolute Gasteiger partial charge is 0.338 e. The van der Waals surface area contributed by atoms with Crippen molar-refractivity contribution in [2.75, 3.05) is 30.1 Å². The van der Waals surface area contributed by atoms with E-state index < -0.39 is 0 Å². The summed E-state index contributed by atoms with van der Waals surface area (Å²) in [4.78, 5) is 20.1. The van der Waals surface area contributed by atoms with Crippen molar-refractivity contribution < 1.29 is 14.3 Å². The fourth-order valence-electron chi connectivity index (χ4n) is 2.51. The molecule has 1 aromatic heterocycles. The number of para-hydroxylation sites is 2. The quantitative estimate of drug-likeness (QED) is 0.533. The number of methoxy groups -OCH3 is 1. The average molecular weight is 379 g/mol. The molecule has 0 saturated carbocycles. The molecule has 2 aromatic carbocycles. The van der Waals surface area contributed by atoms with Gasteiger partial charge in [-0.3, -0.25) is 0 Å². The molecule has 1 heterocycles. The number of hydrogen-bond acceptors (Lipinski definition) is 8. The van der Waals surface area contributed by atoms with Gasteiger partial charge in [0, 0.05) is 5.69 Å². The molecular formula is C20H21N5O3. The van der Waals surface area contributed by atoms with Crippen LogP contribution in [0.1, 0.15) is 17.3 Å². The van der Waals surface area contributed by atoms with Gasteiger partial charge in [-0.1, -0.05) is 12.1 Å². The number of nitrogen functional groups attached to an aromatic ring is 1. The normalized spacial score (nSPS) is 10.2. The summed E-state index contributed by atoms with van der Waals surface area (Å²) in [5.41, 5.74) is 8.51. The Balaban J connectivity index is 1.78. The number of anilines is 5. The Kier molecular flexibility index (Phi) is 5.91. The van der Waals surface area contributed by atoms with Crippen LogP contribution in [0.2, 0.25) is 0 Å². The van der Waals surface area contributed by atoms with E-state index in [9.17, 15) is 4.79 Å². The molecule has 0 saturated heterocycles. The Hall–Kier alpha value is -3.81. The molecule has 0 atom stereocenters. The van der Waals surface area contributed by atoms with Crippen molar-refractivity contribution in [2.45, 2.75) is 6.92 Å². The molecule has 0 spiro atoms. The third kappa shape index (κ3) is 4.29. The SMILES string of the molecule is CCOC(=O)c1ccc(Nc2ncnc(Nc3ccccc3OC)c2N)cc1. The van der Waals surface area contributed by atoms with Gasteiger partial charge in [-0.05, 0) is 43.3 Å². The number of hydrogen-bond donors (Lipinski definition) is 3. The summed E-state index contributed by atoms with van der Waals surface area (Å²) in [5, 5.41) is 6.28. The molecule has 0 amide bonds. The molecule has 4 N–H and O–H groups in total. The number of aromatic nitrogens is 2. The van der Waals surface area contributed by atoms with E-state index in [2.05, 4.69) is 20.6 Å². The number of nitrogens with zero attached hydrogens (tertiary/aromatic N) is 2. The molecule has 28 heavy (non-hydrogen) atoms. The zero-order chi connectivity index (χ0) is 19.9. The number of rotatable bonds is 7. The second-order valence-corrected chi connectivity index (χ2v) is 5.73. The standard InChI is InChI=1S/C20H21N5O3/c1-3-28-20(26)13-8-10-14(11-9-13)24-18-17(21)19(23-12-22-18)25-15-6-4-5-7-16(15)27-2/h4-12H,3,21H2,1-2H3,(H2,22,23,24,25). The fourth-order valence-corrected chi connectivity index (χ4v) is 2.51. The highest BCUT2D eigenvalue weighted by Crippen LogP contribution is 2.31. The maximum absolute atomic E-state index is 11.7. The van der Waals surface area contributed by atoms with Gasteiger partial charge in [0.2, 0.25) is 0 Å². The van der Waals surface area contributed by atoms with Crippen LogP contribution in [0.3, 0.4) is 0 Å². The Labute approximate surface area is 162 Å². The van der Waals surface area contributed by atoms with Crippen molar-refractivity contribution in [3.05, 3.63) is 60.4 Å². The highest BCUT2D eigenvalue weighted by atomic mass is 16.5. The maximum atomic E-state index is 11.7. The second kappa shape index (κ2) is 8.72. The van der Waals surface area contributed by atoms with Crippen LogP contribution < -0.4 is 21.1 Å². The van der Waals surface area contributed by atoms with Crippen molar-refractivity contribution in [1.82, 2.24) is 9.97 Å². The third-order valence-corrected chi connectivity index (χ3v) is 3.90. The average Bonchev–Trinajstić information content (AvgIpc) is 2.72. The summed E-state index contributed by atoms with van der Waals surface area (Å²) < 4.78 is 10.3. The van der Waals surface area contributed by atoms with E-state index in [0.717, 1.165) is 11.4 Å². The largest absolute Gasteiger partial charge is 0.495 e. The van der Waals surface area contributed by atoms with Crippen LogP contribution in [0.25, 0.3) is 0 Å². The molecule has 0 fully saturated rings. The van der Waals surface area contributed by atoms with E-state index in [1.165, 1.54) is 6.33 Å². The van der Waals surface area contributed by atoms with Crippen LogP contribution in [0.4, 0.5) is 28.7 Å². The van der Waals surface area contributed by atoms with Gasteiger partial charge in [0.05, 0.1) is 25.0 Å². The Morgan fingerprint density at radius 2 is 1.71 bits per heavy atom. The summed E-state index contributed by atoms with van der Waals surface area (Å²) in [6, 6.07) is 14.3. The highest BCUT2D eigenvalue weighted by molar-refractivity contribution is 5.90. The minimum atomic E-state index is -0.362. The van der Waals surface area contributed by atoms with Crippen molar-refractivity contribution in [2.24, 2.45) is 0 Å². The lowest BCUT2D eigenvalue weighted by Gasteiger charge is -2.14. The van der Waals surface area contributed by atoms with Crippen LogP contribution in [-0.4, -0.2) is 29.7 Å².